The minimum Gasteiger partial charge on any atom is -0.254 e. The molecular weight excluding hydrogens is 621 g/mol. The van der Waals surface area contributed by atoms with Crippen LogP contribution in [0, 0.1) is 0 Å². The molecule has 3 aromatic heterocycles. The van der Waals surface area contributed by atoms with Gasteiger partial charge in [-0.25, -0.2) is 9.67 Å². The Hall–Kier alpha value is -6.91. The molecule has 0 aliphatic rings. The van der Waals surface area contributed by atoms with Crippen molar-refractivity contribution >= 4 is 43.5 Å². The van der Waals surface area contributed by atoms with Gasteiger partial charge in [0, 0.05) is 38.9 Å². The van der Waals surface area contributed by atoms with E-state index in [9.17, 15) is 0 Å². The zero-order chi connectivity index (χ0) is 33.7. The smallest absolute Gasteiger partial charge is 0.101 e. The maximum atomic E-state index is 5.40. The van der Waals surface area contributed by atoms with E-state index in [-0.39, 0.29) is 0 Å². The summed E-state index contributed by atoms with van der Waals surface area (Å²) in [7, 11) is 0. The van der Waals surface area contributed by atoms with Gasteiger partial charge in [0.05, 0.1) is 27.9 Å². The van der Waals surface area contributed by atoms with E-state index in [0.29, 0.717) is 0 Å². The summed E-state index contributed by atoms with van der Waals surface area (Å²) in [4.78, 5) is 9.70. The van der Waals surface area contributed by atoms with Crippen molar-refractivity contribution in [3.63, 3.8) is 0 Å². The summed E-state index contributed by atoms with van der Waals surface area (Å²) < 4.78 is 2.12. The highest BCUT2D eigenvalue weighted by molar-refractivity contribution is 6.17. The fraction of sp³-hybridized carbons (Fsp3) is 0. The second-order valence-corrected chi connectivity index (χ2v) is 12.9. The van der Waals surface area contributed by atoms with Crippen LogP contribution in [0.2, 0.25) is 0 Å². The highest BCUT2D eigenvalue weighted by atomic mass is 15.3. The predicted octanol–water partition coefficient (Wildman–Crippen LogP) is 11.9. The molecule has 0 radical (unpaired) electrons. The van der Waals surface area contributed by atoms with Gasteiger partial charge in [-0.15, -0.1) is 0 Å². The Kier molecular flexibility index (Phi) is 6.78. The number of fused-ring (bicyclic) bond motifs is 6. The highest BCUT2D eigenvalue weighted by Gasteiger charge is 2.21. The van der Waals surface area contributed by atoms with Crippen LogP contribution in [0.25, 0.3) is 93.9 Å². The number of pyridine rings is 2. The quantitative estimate of drug-likeness (QED) is 0.174. The zero-order valence-corrected chi connectivity index (χ0v) is 27.6. The lowest BCUT2D eigenvalue weighted by Crippen LogP contribution is -1.96. The van der Waals surface area contributed by atoms with Crippen molar-refractivity contribution in [2.75, 3.05) is 0 Å². The average molecular weight is 651 g/mol. The van der Waals surface area contributed by atoms with Crippen LogP contribution in [0.3, 0.4) is 0 Å². The maximum Gasteiger partial charge on any atom is 0.101 e. The number of benzene rings is 7. The van der Waals surface area contributed by atoms with Crippen LogP contribution in [0.1, 0.15) is 0 Å². The number of rotatable bonds is 5. The molecule has 0 aliphatic heterocycles. The maximum absolute atomic E-state index is 5.40. The second kappa shape index (κ2) is 11.9. The van der Waals surface area contributed by atoms with Crippen LogP contribution in [0.15, 0.2) is 182 Å². The summed E-state index contributed by atoms with van der Waals surface area (Å²) in [5.41, 5.74) is 12.6. The van der Waals surface area contributed by atoms with Crippen molar-refractivity contribution in [3.8, 4) is 50.5 Å². The van der Waals surface area contributed by atoms with Crippen LogP contribution < -0.4 is 0 Å². The predicted molar refractivity (Wildman–Crippen MR) is 211 cm³/mol. The molecule has 10 aromatic rings. The number of aromatic nitrogens is 4. The fourth-order valence-electron chi connectivity index (χ4n) is 7.36. The Balaban J connectivity index is 1.12. The molecule has 0 N–H and O–H groups in total. The van der Waals surface area contributed by atoms with Gasteiger partial charge in [-0.2, -0.15) is 5.10 Å². The van der Waals surface area contributed by atoms with E-state index in [4.69, 9.17) is 10.1 Å². The molecular formula is C47H30N4. The Labute approximate surface area is 294 Å². The summed E-state index contributed by atoms with van der Waals surface area (Å²) in [5, 5.41) is 11.1. The van der Waals surface area contributed by atoms with Gasteiger partial charge in [-0.1, -0.05) is 140 Å². The number of nitrogens with zero attached hydrogens (tertiary/aromatic N) is 4. The van der Waals surface area contributed by atoms with Gasteiger partial charge in [-0.3, -0.25) is 4.98 Å². The largest absolute Gasteiger partial charge is 0.254 e. The molecule has 0 aliphatic carbocycles. The molecule has 0 saturated heterocycles. The van der Waals surface area contributed by atoms with Crippen molar-refractivity contribution in [1.29, 1.82) is 0 Å². The minimum atomic E-state index is 0.923. The van der Waals surface area contributed by atoms with Gasteiger partial charge >= 0.3 is 0 Å². The van der Waals surface area contributed by atoms with Crippen LogP contribution >= 0.6 is 0 Å². The lowest BCUT2D eigenvalue weighted by atomic mass is 9.93. The van der Waals surface area contributed by atoms with Crippen molar-refractivity contribution in [2.24, 2.45) is 0 Å². The van der Waals surface area contributed by atoms with E-state index in [1.54, 1.807) is 0 Å². The van der Waals surface area contributed by atoms with E-state index < -0.39 is 0 Å². The van der Waals surface area contributed by atoms with Gasteiger partial charge in [0.25, 0.3) is 0 Å². The van der Waals surface area contributed by atoms with Crippen LogP contribution in [-0.4, -0.2) is 19.7 Å². The van der Waals surface area contributed by atoms with E-state index in [2.05, 4.69) is 173 Å². The zero-order valence-electron chi connectivity index (χ0n) is 27.6. The molecule has 7 aromatic carbocycles. The second-order valence-electron chi connectivity index (χ2n) is 12.9. The third-order valence-electron chi connectivity index (χ3n) is 9.84. The molecule has 0 spiro atoms. The molecule has 0 bridgehead atoms. The molecule has 0 unspecified atom stereocenters. The molecule has 3 heterocycles. The first kappa shape index (κ1) is 29.0. The van der Waals surface area contributed by atoms with Gasteiger partial charge < -0.3 is 0 Å². The molecule has 0 fully saturated rings. The van der Waals surface area contributed by atoms with Crippen molar-refractivity contribution in [3.05, 3.63) is 182 Å². The number of para-hydroxylation sites is 1. The summed E-state index contributed by atoms with van der Waals surface area (Å²) in [6.07, 6.45) is 1.83. The number of hydrogen-bond acceptors (Lipinski definition) is 3. The Morgan fingerprint density at radius 1 is 0.431 bits per heavy atom. The lowest BCUT2D eigenvalue weighted by Gasteiger charge is -2.11. The van der Waals surface area contributed by atoms with Crippen LogP contribution in [0.5, 0.6) is 0 Å². The van der Waals surface area contributed by atoms with Gasteiger partial charge in [0.15, 0.2) is 0 Å². The summed E-state index contributed by atoms with van der Waals surface area (Å²) in [6.45, 7) is 0. The molecule has 4 heteroatoms. The van der Waals surface area contributed by atoms with E-state index in [1.807, 2.05) is 18.3 Å². The monoisotopic (exact) mass is 650 g/mol. The fourth-order valence-corrected chi connectivity index (χ4v) is 7.36. The normalized spacial score (nSPS) is 11.5. The molecule has 0 atom stereocenters. The Morgan fingerprint density at radius 3 is 1.94 bits per heavy atom. The standard InChI is InChI=1S/C47H30N4/c1-3-11-32(12-4-1)41-30-37-13-7-8-19-40(37)47-43(41)44(50-51(47)39-17-5-2-6-18-39)38-15-9-14-36(29-38)31-20-22-33(23-21-31)42-27-26-35-25-24-34-16-10-28-48-45(34)46(35)49-42/h1-30H. The highest BCUT2D eigenvalue weighted by Crippen LogP contribution is 2.42. The Morgan fingerprint density at radius 2 is 1.10 bits per heavy atom. The molecule has 0 saturated carbocycles. The first-order valence-corrected chi connectivity index (χ1v) is 17.2. The van der Waals surface area contributed by atoms with Crippen molar-refractivity contribution in [1.82, 2.24) is 19.7 Å². The summed E-state index contributed by atoms with van der Waals surface area (Å²) in [6, 6.07) is 62.0. The van der Waals surface area contributed by atoms with Gasteiger partial charge in [0.2, 0.25) is 0 Å². The topological polar surface area (TPSA) is 43.6 Å². The third-order valence-corrected chi connectivity index (χ3v) is 9.84. The van der Waals surface area contributed by atoms with Gasteiger partial charge in [-0.05, 0) is 64.0 Å². The lowest BCUT2D eigenvalue weighted by molar-refractivity contribution is 0.918. The molecule has 238 valence electrons. The van der Waals surface area contributed by atoms with E-state index >= 15 is 0 Å². The average Bonchev–Trinajstić information content (AvgIpc) is 3.62. The first-order chi connectivity index (χ1) is 25.3. The van der Waals surface area contributed by atoms with Gasteiger partial charge in [0.1, 0.15) is 5.69 Å². The van der Waals surface area contributed by atoms with E-state index in [1.165, 1.54) is 21.9 Å². The first-order valence-electron chi connectivity index (χ1n) is 17.2. The van der Waals surface area contributed by atoms with E-state index in [0.717, 1.165) is 72.0 Å². The minimum absolute atomic E-state index is 0.923. The van der Waals surface area contributed by atoms with Crippen LogP contribution in [0.4, 0.5) is 0 Å². The molecule has 51 heavy (non-hydrogen) atoms. The van der Waals surface area contributed by atoms with Crippen molar-refractivity contribution in [2.45, 2.75) is 0 Å². The molecule has 4 nitrogen and oxygen atoms in total. The van der Waals surface area contributed by atoms with Crippen LogP contribution in [-0.2, 0) is 0 Å². The summed E-state index contributed by atoms with van der Waals surface area (Å²) in [5.74, 6) is 0. The SMILES string of the molecule is c1ccc(-c2cc3ccccc3c3c2c(-c2cccc(-c4ccc(-c5ccc6ccc7cccnc7c6n5)cc4)c2)nn3-c2ccccc2)cc1. The summed E-state index contributed by atoms with van der Waals surface area (Å²) >= 11 is 0. The number of hydrogen-bond donors (Lipinski definition) is 0. The van der Waals surface area contributed by atoms with Crippen molar-refractivity contribution < 1.29 is 0 Å². The molecule has 0 amide bonds. The third kappa shape index (κ3) is 4.96. The Bertz CT molecular complexity index is 2890. The molecule has 10 rings (SSSR count).